The lowest BCUT2D eigenvalue weighted by atomic mass is 10.1. The van der Waals surface area contributed by atoms with Gasteiger partial charge in [0, 0.05) is 42.4 Å². The van der Waals surface area contributed by atoms with E-state index < -0.39 is 0 Å². The number of amides is 1. The number of carbonyl (C=O) groups excluding carboxylic acids is 1. The average Bonchev–Trinajstić information content (AvgIpc) is 3.22. The van der Waals surface area contributed by atoms with Gasteiger partial charge in [-0.05, 0) is 39.2 Å². The van der Waals surface area contributed by atoms with Crippen molar-refractivity contribution in [2.45, 2.75) is 77.9 Å². The topological polar surface area (TPSA) is 64.7 Å². The van der Waals surface area contributed by atoms with Crippen LogP contribution >= 0.6 is 0 Å². The van der Waals surface area contributed by atoms with E-state index in [1.165, 1.54) is 18.5 Å². The fourth-order valence-corrected chi connectivity index (χ4v) is 4.06. The molecule has 6 heteroatoms. The van der Waals surface area contributed by atoms with Gasteiger partial charge < -0.3 is 14.5 Å². The quantitative estimate of drug-likeness (QED) is 0.930. The van der Waals surface area contributed by atoms with Gasteiger partial charge in [-0.2, -0.15) is 0 Å². The highest BCUT2D eigenvalue weighted by Gasteiger charge is 2.30. The summed E-state index contributed by atoms with van der Waals surface area (Å²) in [5.74, 6) is 2.45. The van der Waals surface area contributed by atoms with Crippen LogP contribution in [0.1, 0.15) is 78.5 Å². The van der Waals surface area contributed by atoms with E-state index in [1.807, 2.05) is 6.07 Å². The minimum absolute atomic E-state index is 0.0487. The van der Waals surface area contributed by atoms with Crippen molar-refractivity contribution < 1.29 is 4.79 Å². The van der Waals surface area contributed by atoms with E-state index in [0.717, 1.165) is 42.3 Å². The minimum Gasteiger partial charge on any atom is -0.347 e. The molecule has 1 atom stereocenters. The molecule has 0 unspecified atom stereocenters. The molecule has 1 amide bonds. The number of hydrogen-bond acceptors (Lipinski definition) is 3. The molecule has 0 radical (unpaired) electrons. The maximum absolute atomic E-state index is 12.8. The number of carbonyl (C=O) groups is 1. The van der Waals surface area contributed by atoms with Crippen LogP contribution < -0.4 is 5.32 Å². The molecular formula is C19H27N5O. The van der Waals surface area contributed by atoms with Crippen molar-refractivity contribution in [3.05, 3.63) is 34.7 Å². The molecule has 1 fully saturated rings. The van der Waals surface area contributed by atoms with Crippen molar-refractivity contribution in [3.8, 4) is 0 Å². The largest absolute Gasteiger partial charge is 0.347 e. The van der Waals surface area contributed by atoms with E-state index in [-0.39, 0.29) is 11.9 Å². The molecule has 0 spiro atoms. The summed E-state index contributed by atoms with van der Waals surface area (Å²) in [5.41, 5.74) is 3.11. The zero-order chi connectivity index (χ0) is 17.7. The van der Waals surface area contributed by atoms with Crippen LogP contribution in [0.25, 0.3) is 0 Å². The highest BCUT2D eigenvalue weighted by molar-refractivity contribution is 5.96. The second-order valence-electron chi connectivity index (χ2n) is 7.83. The number of nitrogens with one attached hydrogen (secondary N) is 1. The number of aromatic nitrogens is 4. The third kappa shape index (κ3) is 2.87. The molecule has 0 aromatic carbocycles. The number of fused-ring (bicyclic) bond motifs is 1. The lowest BCUT2D eigenvalue weighted by molar-refractivity contribution is 0.0926. The molecule has 1 aliphatic carbocycles. The zero-order valence-corrected chi connectivity index (χ0v) is 15.5. The van der Waals surface area contributed by atoms with Gasteiger partial charge in [-0.15, -0.1) is 10.2 Å². The van der Waals surface area contributed by atoms with Gasteiger partial charge in [0.15, 0.2) is 0 Å². The van der Waals surface area contributed by atoms with Gasteiger partial charge in [-0.1, -0.05) is 13.8 Å². The first kappa shape index (κ1) is 16.4. The fraction of sp³-hybridized carbons (Fsp3) is 0.632. The van der Waals surface area contributed by atoms with Gasteiger partial charge in [0.2, 0.25) is 0 Å². The SMILES string of the molecule is Cc1cc(C(=O)N[C@@H]2CCc3nnc(C(C)C)n3C2)c(C)n1C1CC1. The Labute approximate surface area is 148 Å². The van der Waals surface area contributed by atoms with Crippen molar-refractivity contribution in [2.75, 3.05) is 0 Å². The maximum atomic E-state index is 12.8. The smallest absolute Gasteiger partial charge is 0.253 e. The predicted molar refractivity (Wildman–Crippen MR) is 95.9 cm³/mol. The van der Waals surface area contributed by atoms with Crippen LogP contribution in [-0.2, 0) is 13.0 Å². The summed E-state index contributed by atoms with van der Waals surface area (Å²) in [6.07, 6.45) is 4.25. The molecule has 1 aliphatic heterocycles. The molecule has 2 aromatic rings. The first-order valence-electron chi connectivity index (χ1n) is 9.37. The Kier molecular flexibility index (Phi) is 3.93. The van der Waals surface area contributed by atoms with Gasteiger partial charge in [-0.3, -0.25) is 4.79 Å². The minimum atomic E-state index is 0.0487. The van der Waals surface area contributed by atoms with Gasteiger partial charge in [-0.25, -0.2) is 0 Å². The second-order valence-corrected chi connectivity index (χ2v) is 7.83. The molecule has 3 heterocycles. The Morgan fingerprint density at radius 2 is 2.00 bits per heavy atom. The van der Waals surface area contributed by atoms with E-state index in [9.17, 15) is 4.79 Å². The number of nitrogens with zero attached hydrogens (tertiary/aromatic N) is 4. The van der Waals surface area contributed by atoms with Crippen LogP contribution in [0.5, 0.6) is 0 Å². The van der Waals surface area contributed by atoms with Crippen molar-refractivity contribution in [1.29, 1.82) is 0 Å². The van der Waals surface area contributed by atoms with Crippen LogP contribution in [-0.4, -0.2) is 31.3 Å². The fourth-order valence-electron chi connectivity index (χ4n) is 4.06. The Bertz CT molecular complexity index is 812. The third-order valence-corrected chi connectivity index (χ3v) is 5.47. The van der Waals surface area contributed by atoms with Crippen LogP contribution in [0.2, 0.25) is 0 Å². The van der Waals surface area contributed by atoms with Crippen molar-refractivity contribution >= 4 is 5.91 Å². The van der Waals surface area contributed by atoms with E-state index in [2.05, 4.69) is 52.3 Å². The van der Waals surface area contributed by atoms with E-state index >= 15 is 0 Å². The lowest BCUT2D eigenvalue weighted by Crippen LogP contribution is -2.41. The van der Waals surface area contributed by atoms with Crippen LogP contribution in [0.15, 0.2) is 6.07 Å². The summed E-state index contributed by atoms with van der Waals surface area (Å²) in [5, 5.41) is 11.9. The first-order chi connectivity index (χ1) is 12.0. The number of hydrogen-bond donors (Lipinski definition) is 1. The van der Waals surface area contributed by atoms with Crippen molar-refractivity contribution in [3.63, 3.8) is 0 Å². The van der Waals surface area contributed by atoms with E-state index in [1.54, 1.807) is 0 Å². The summed E-state index contributed by atoms with van der Waals surface area (Å²) in [4.78, 5) is 12.8. The van der Waals surface area contributed by atoms with Gasteiger partial charge in [0.25, 0.3) is 5.91 Å². The molecule has 1 N–H and O–H groups in total. The summed E-state index contributed by atoms with van der Waals surface area (Å²) in [6.45, 7) is 9.19. The third-order valence-electron chi connectivity index (χ3n) is 5.47. The summed E-state index contributed by atoms with van der Waals surface area (Å²) >= 11 is 0. The number of rotatable bonds is 4. The van der Waals surface area contributed by atoms with Crippen molar-refractivity contribution in [2.24, 2.45) is 0 Å². The average molecular weight is 341 g/mol. The highest BCUT2D eigenvalue weighted by Crippen LogP contribution is 2.38. The number of aryl methyl sites for hydroxylation is 2. The Morgan fingerprint density at radius 3 is 2.68 bits per heavy atom. The molecule has 0 bridgehead atoms. The molecule has 1 saturated carbocycles. The zero-order valence-electron chi connectivity index (χ0n) is 15.5. The monoisotopic (exact) mass is 341 g/mol. The maximum Gasteiger partial charge on any atom is 0.253 e. The predicted octanol–water partition coefficient (Wildman–Crippen LogP) is 2.90. The standard InChI is InChI=1S/C19H27N5O/c1-11(2)18-22-21-17-8-5-14(10-23(17)18)20-19(25)16-9-12(3)24(13(16)4)15-6-7-15/h9,11,14-15H,5-8,10H2,1-4H3,(H,20,25)/t14-/m1/s1. The van der Waals surface area contributed by atoms with E-state index in [0.29, 0.717) is 12.0 Å². The van der Waals surface area contributed by atoms with E-state index in [4.69, 9.17) is 0 Å². The molecule has 2 aromatic heterocycles. The molecule has 4 rings (SSSR count). The Hall–Kier alpha value is -2.11. The molecule has 6 nitrogen and oxygen atoms in total. The summed E-state index contributed by atoms with van der Waals surface area (Å²) in [7, 11) is 0. The highest BCUT2D eigenvalue weighted by atomic mass is 16.1. The van der Waals surface area contributed by atoms with Crippen LogP contribution in [0.3, 0.4) is 0 Å². The van der Waals surface area contributed by atoms with Crippen LogP contribution in [0.4, 0.5) is 0 Å². The lowest BCUT2D eigenvalue weighted by Gasteiger charge is -2.26. The molecule has 25 heavy (non-hydrogen) atoms. The summed E-state index contributed by atoms with van der Waals surface area (Å²) in [6, 6.07) is 2.78. The molecule has 134 valence electrons. The molecule has 0 saturated heterocycles. The van der Waals surface area contributed by atoms with Crippen LogP contribution in [0, 0.1) is 13.8 Å². The second kappa shape index (κ2) is 6.00. The normalized spacial score (nSPS) is 20.0. The molecule has 2 aliphatic rings. The van der Waals surface area contributed by atoms with Gasteiger partial charge in [0.05, 0.1) is 5.56 Å². The first-order valence-corrected chi connectivity index (χ1v) is 9.37. The van der Waals surface area contributed by atoms with Gasteiger partial charge in [0.1, 0.15) is 11.6 Å². The Morgan fingerprint density at radius 1 is 1.24 bits per heavy atom. The van der Waals surface area contributed by atoms with Gasteiger partial charge >= 0.3 is 0 Å². The molecular weight excluding hydrogens is 314 g/mol. The summed E-state index contributed by atoms with van der Waals surface area (Å²) < 4.78 is 4.51. The Balaban J connectivity index is 1.50. The van der Waals surface area contributed by atoms with Crippen molar-refractivity contribution in [1.82, 2.24) is 24.6 Å².